The van der Waals surface area contributed by atoms with Gasteiger partial charge in [-0.3, -0.25) is 4.79 Å². The van der Waals surface area contributed by atoms with Gasteiger partial charge < -0.3 is 20.1 Å². The van der Waals surface area contributed by atoms with Gasteiger partial charge in [-0.1, -0.05) is 67.8 Å². The number of hydrogen-bond donors (Lipinski definition) is 2. The molecule has 0 radical (unpaired) electrons. The van der Waals surface area contributed by atoms with Crippen molar-refractivity contribution >= 4 is 18.0 Å². The quantitative estimate of drug-likeness (QED) is 0.617. The number of carboxylic acids is 1. The van der Waals surface area contributed by atoms with Gasteiger partial charge >= 0.3 is 12.1 Å². The molecule has 2 aromatic carbocycles. The molecule has 35 heavy (non-hydrogen) atoms. The van der Waals surface area contributed by atoms with E-state index in [1.165, 1.54) is 16.0 Å². The zero-order valence-electron chi connectivity index (χ0n) is 20.0. The van der Waals surface area contributed by atoms with Gasteiger partial charge in [0.2, 0.25) is 5.91 Å². The summed E-state index contributed by atoms with van der Waals surface area (Å²) in [4.78, 5) is 39.0. The number of benzene rings is 2. The van der Waals surface area contributed by atoms with Crippen molar-refractivity contribution < 1.29 is 24.2 Å². The first kappa shape index (κ1) is 23.4. The van der Waals surface area contributed by atoms with E-state index in [-0.39, 0.29) is 30.3 Å². The Labute approximate surface area is 205 Å². The molecule has 3 aliphatic carbocycles. The maximum atomic E-state index is 13.0. The number of rotatable bonds is 7. The molecule has 2 fully saturated rings. The summed E-state index contributed by atoms with van der Waals surface area (Å²) in [5.41, 5.74) is 3.58. The van der Waals surface area contributed by atoms with Crippen LogP contribution in [0.1, 0.15) is 55.6 Å². The molecule has 0 aromatic heterocycles. The molecule has 2 N–H and O–H groups in total. The lowest BCUT2D eigenvalue weighted by Gasteiger charge is -2.41. The van der Waals surface area contributed by atoms with Crippen LogP contribution in [-0.4, -0.2) is 53.7 Å². The number of likely N-dealkylation sites (N-methyl/N-ethyl adjacent to an activating group) is 1. The van der Waals surface area contributed by atoms with Crippen molar-refractivity contribution in [2.45, 2.75) is 50.0 Å². The number of aliphatic carboxylic acids is 1. The summed E-state index contributed by atoms with van der Waals surface area (Å²) >= 11 is 0. The Bertz CT molecular complexity index is 1090. The van der Waals surface area contributed by atoms with Crippen LogP contribution in [0, 0.1) is 11.8 Å². The van der Waals surface area contributed by atoms with Crippen molar-refractivity contribution in [2.75, 3.05) is 20.2 Å². The number of hydrogen-bond acceptors (Lipinski definition) is 4. The molecule has 0 saturated heterocycles. The molecule has 0 spiro atoms. The lowest BCUT2D eigenvalue weighted by atomic mass is 9.80. The van der Waals surface area contributed by atoms with Gasteiger partial charge in [0.1, 0.15) is 12.1 Å². The minimum atomic E-state index is -1.09. The summed E-state index contributed by atoms with van der Waals surface area (Å²) < 4.78 is 5.58. The third kappa shape index (κ3) is 4.28. The molecular formula is C28H32N2O5. The average molecular weight is 477 g/mol. The van der Waals surface area contributed by atoms with E-state index in [9.17, 15) is 19.5 Å². The monoisotopic (exact) mass is 476 g/mol. The van der Waals surface area contributed by atoms with Gasteiger partial charge in [-0.15, -0.1) is 0 Å². The van der Waals surface area contributed by atoms with Crippen LogP contribution in [0.5, 0.6) is 0 Å². The highest BCUT2D eigenvalue weighted by Crippen LogP contribution is 2.45. The zero-order valence-corrected chi connectivity index (χ0v) is 20.0. The minimum absolute atomic E-state index is 0.000229. The van der Waals surface area contributed by atoms with E-state index in [0.29, 0.717) is 25.8 Å². The summed E-state index contributed by atoms with van der Waals surface area (Å²) in [6, 6.07) is 16.4. The highest BCUT2D eigenvalue weighted by Gasteiger charge is 2.51. The number of carbonyl (C=O) groups is 3. The largest absolute Gasteiger partial charge is 0.479 e. The summed E-state index contributed by atoms with van der Waals surface area (Å²) in [6.07, 6.45) is 3.81. The molecule has 2 aromatic rings. The summed E-state index contributed by atoms with van der Waals surface area (Å²) in [5.74, 6) is -1.28. The van der Waals surface area contributed by atoms with Crippen LogP contribution in [0.25, 0.3) is 11.1 Å². The smallest absolute Gasteiger partial charge is 0.407 e. The molecule has 7 nitrogen and oxygen atoms in total. The zero-order chi connectivity index (χ0) is 24.6. The van der Waals surface area contributed by atoms with E-state index >= 15 is 0 Å². The van der Waals surface area contributed by atoms with Gasteiger partial charge in [0, 0.05) is 25.4 Å². The third-order valence-electron chi connectivity index (χ3n) is 8.14. The van der Waals surface area contributed by atoms with E-state index in [2.05, 4.69) is 29.6 Å². The van der Waals surface area contributed by atoms with Crippen LogP contribution in [-0.2, 0) is 14.3 Å². The van der Waals surface area contributed by atoms with Gasteiger partial charge in [-0.05, 0) is 47.4 Å². The molecule has 2 saturated carbocycles. The molecule has 5 rings (SSSR count). The normalized spacial score (nSPS) is 22.0. The fourth-order valence-electron chi connectivity index (χ4n) is 5.93. The maximum absolute atomic E-state index is 13.0. The molecular weight excluding hydrogens is 444 g/mol. The molecule has 0 heterocycles. The number of fused-ring (bicyclic) bond motifs is 3. The van der Waals surface area contributed by atoms with Crippen LogP contribution in [0.3, 0.4) is 0 Å². The van der Waals surface area contributed by atoms with E-state index in [4.69, 9.17) is 4.74 Å². The molecule has 7 heteroatoms. The first-order valence-electron chi connectivity index (χ1n) is 12.5. The van der Waals surface area contributed by atoms with Crippen molar-refractivity contribution in [3.8, 4) is 11.1 Å². The molecule has 0 aliphatic heterocycles. The summed E-state index contributed by atoms with van der Waals surface area (Å²) in [5, 5.41) is 12.7. The van der Waals surface area contributed by atoms with Crippen molar-refractivity contribution in [1.82, 2.24) is 10.2 Å². The van der Waals surface area contributed by atoms with Crippen LogP contribution in [0.2, 0.25) is 0 Å². The number of ether oxygens (including phenoxy) is 1. The van der Waals surface area contributed by atoms with Crippen molar-refractivity contribution in [2.24, 2.45) is 11.8 Å². The second-order valence-electron chi connectivity index (χ2n) is 10.1. The predicted octanol–water partition coefficient (Wildman–Crippen LogP) is 4.41. The molecule has 3 aliphatic rings. The molecule has 0 bridgehead atoms. The van der Waals surface area contributed by atoms with E-state index < -0.39 is 17.6 Å². The van der Waals surface area contributed by atoms with Gasteiger partial charge in [0.25, 0.3) is 0 Å². The van der Waals surface area contributed by atoms with Gasteiger partial charge in [-0.2, -0.15) is 0 Å². The Morgan fingerprint density at radius 1 is 1.00 bits per heavy atom. The van der Waals surface area contributed by atoms with Crippen LogP contribution >= 0.6 is 0 Å². The third-order valence-corrected chi connectivity index (χ3v) is 8.14. The maximum Gasteiger partial charge on any atom is 0.407 e. The van der Waals surface area contributed by atoms with E-state index in [1.807, 2.05) is 24.3 Å². The number of nitrogens with zero attached hydrogens (tertiary/aromatic N) is 1. The van der Waals surface area contributed by atoms with Crippen molar-refractivity contribution in [3.63, 3.8) is 0 Å². The Hall–Kier alpha value is -3.35. The summed E-state index contributed by atoms with van der Waals surface area (Å²) in [6.45, 7) is 0.595. The van der Waals surface area contributed by atoms with Crippen LogP contribution < -0.4 is 5.32 Å². The van der Waals surface area contributed by atoms with Crippen molar-refractivity contribution in [3.05, 3.63) is 59.7 Å². The topological polar surface area (TPSA) is 95.9 Å². The lowest BCUT2D eigenvalue weighted by molar-refractivity contribution is -0.161. The molecule has 2 atom stereocenters. The highest BCUT2D eigenvalue weighted by molar-refractivity contribution is 5.89. The van der Waals surface area contributed by atoms with E-state index in [0.717, 1.165) is 30.4 Å². The fourth-order valence-corrected chi connectivity index (χ4v) is 5.93. The van der Waals surface area contributed by atoms with Crippen LogP contribution in [0.15, 0.2) is 48.5 Å². The van der Waals surface area contributed by atoms with Gasteiger partial charge in [0.15, 0.2) is 0 Å². The highest BCUT2D eigenvalue weighted by atomic mass is 16.5. The number of carbonyl (C=O) groups excluding carboxylic acids is 2. The SMILES string of the molecule is CN(C(=O)[C@@H]1C[C@@H]1CNC(=O)OCC1c2ccccc2-c2ccccc21)C1(C(=O)O)CCCCC1. The number of carboxylic acid groups (broad SMARTS) is 1. The molecule has 2 amide bonds. The molecule has 0 unspecified atom stereocenters. The number of nitrogens with one attached hydrogen (secondary N) is 1. The van der Waals surface area contributed by atoms with Gasteiger partial charge in [-0.25, -0.2) is 9.59 Å². The second-order valence-corrected chi connectivity index (χ2v) is 10.1. The number of alkyl carbamates (subject to hydrolysis) is 1. The lowest BCUT2D eigenvalue weighted by Crippen LogP contribution is -2.56. The van der Waals surface area contributed by atoms with Gasteiger partial charge in [0.05, 0.1) is 0 Å². The standard InChI is InChI=1S/C28H32N2O5/c1-30(28(26(32)33)13-7-2-8-14-28)25(31)23-15-18(23)16-29-27(34)35-17-24-21-11-5-3-9-19(21)20-10-4-6-12-22(20)24/h3-6,9-12,18,23-24H,2,7-8,13-17H2,1H3,(H,29,34)(H,32,33)/t18-,23-/m1/s1. The predicted molar refractivity (Wildman–Crippen MR) is 131 cm³/mol. The first-order chi connectivity index (χ1) is 16.9. The Kier molecular flexibility index (Phi) is 6.26. The molecule has 184 valence electrons. The van der Waals surface area contributed by atoms with Crippen molar-refractivity contribution in [1.29, 1.82) is 0 Å². The van der Waals surface area contributed by atoms with E-state index in [1.54, 1.807) is 7.05 Å². The summed E-state index contributed by atoms with van der Waals surface area (Å²) in [7, 11) is 1.62. The average Bonchev–Trinajstić information content (AvgIpc) is 3.60. The minimum Gasteiger partial charge on any atom is -0.479 e. The Morgan fingerprint density at radius 2 is 1.60 bits per heavy atom. The Balaban J connectivity index is 1.13. The fraction of sp³-hybridized carbons (Fsp3) is 0.464. The Morgan fingerprint density at radius 3 is 2.20 bits per heavy atom. The number of amides is 2. The second kappa shape index (κ2) is 9.36. The first-order valence-corrected chi connectivity index (χ1v) is 12.5. The van der Waals surface area contributed by atoms with Crippen LogP contribution in [0.4, 0.5) is 4.79 Å².